The molecule has 0 aliphatic carbocycles. The molecule has 0 aliphatic heterocycles. The summed E-state index contributed by atoms with van der Waals surface area (Å²) in [5.74, 6) is -3.90. The second-order valence-corrected chi connectivity index (χ2v) is 6.86. The van der Waals surface area contributed by atoms with Gasteiger partial charge >= 0.3 is 21.6 Å². The zero-order valence-electron chi connectivity index (χ0n) is 13.5. The normalized spacial score (nSPS) is 12.2. The molecule has 10 heteroatoms. The van der Waals surface area contributed by atoms with Crippen molar-refractivity contribution in [2.45, 2.75) is 25.8 Å². The van der Waals surface area contributed by atoms with Crippen LogP contribution in [0.25, 0.3) is 10.8 Å². The smallest absolute Gasteiger partial charge is 0.475 e. The molecule has 2 aromatic rings. The van der Waals surface area contributed by atoms with Gasteiger partial charge in [-0.1, -0.05) is 31.2 Å². The Morgan fingerprint density at radius 3 is 2.15 bits per heavy atom. The van der Waals surface area contributed by atoms with Gasteiger partial charge < -0.3 is 9.29 Å². The van der Waals surface area contributed by atoms with Gasteiger partial charge in [-0.15, -0.1) is 0 Å². The summed E-state index contributed by atoms with van der Waals surface area (Å²) in [6.07, 6.45) is 0.196. The maximum atomic E-state index is 12.7. The van der Waals surface area contributed by atoms with E-state index in [1.165, 1.54) is 24.3 Å². The molecule has 26 heavy (non-hydrogen) atoms. The van der Waals surface area contributed by atoms with Crippen molar-refractivity contribution in [2.75, 3.05) is 0 Å². The van der Waals surface area contributed by atoms with Gasteiger partial charge in [0.1, 0.15) is 0 Å². The Bertz CT molecular complexity index is 1010. The lowest BCUT2D eigenvalue weighted by molar-refractivity contribution is -0.131. The predicted molar refractivity (Wildman–Crippen MR) is 85.6 cm³/mol. The highest BCUT2D eigenvalue weighted by atomic mass is 32.2. The van der Waals surface area contributed by atoms with Crippen LogP contribution in [-0.2, 0) is 21.3 Å². The molecule has 6 nitrogen and oxygen atoms in total. The highest BCUT2D eigenvalue weighted by molar-refractivity contribution is 7.88. The summed E-state index contributed by atoms with van der Waals surface area (Å²) in [5, 5.41) is 9.27. The maximum absolute atomic E-state index is 12.7. The molecular formula is C16H13F3O6S. The molecule has 140 valence electrons. The van der Waals surface area contributed by atoms with Crippen LogP contribution in [0.1, 0.15) is 28.4 Å². The SMILES string of the molecule is CCc1c(C(=O)C(=O)O)c(C)c(OS(=O)(=O)C(F)(F)F)c2ccccc12. The maximum Gasteiger partial charge on any atom is 0.534 e. The molecule has 0 spiro atoms. The van der Waals surface area contributed by atoms with E-state index in [1.807, 2.05) is 0 Å². The van der Waals surface area contributed by atoms with Gasteiger partial charge in [-0.05, 0) is 24.3 Å². The molecule has 0 saturated heterocycles. The van der Waals surface area contributed by atoms with Crippen molar-refractivity contribution >= 4 is 32.6 Å². The number of benzene rings is 2. The minimum Gasteiger partial charge on any atom is -0.475 e. The van der Waals surface area contributed by atoms with Gasteiger partial charge in [-0.25, -0.2) is 4.79 Å². The first-order valence-electron chi connectivity index (χ1n) is 7.25. The number of ketones is 1. The first kappa shape index (κ1) is 19.7. The van der Waals surface area contributed by atoms with Crippen molar-refractivity contribution in [3.05, 3.63) is 41.0 Å². The van der Waals surface area contributed by atoms with E-state index in [2.05, 4.69) is 4.18 Å². The lowest BCUT2D eigenvalue weighted by atomic mass is 9.90. The van der Waals surface area contributed by atoms with Crippen LogP contribution >= 0.6 is 0 Å². The van der Waals surface area contributed by atoms with Gasteiger partial charge in [-0.3, -0.25) is 4.79 Å². The van der Waals surface area contributed by atoms with E-state index in [0.717, 1.165) is 6.92 Å². The predicted octanol–water partition coefficient (Wildman–Crippen LogP) is 3.21. The fourth-order valence-corrected chi connectivity index (χ4v) is 3.20. The minimum atomic E-state index is -6.01. The van der Waals surface area contributed by atoms with E-state index in [0.29, 0.717) is 0 Å². The number of hydrogen-bond acceptors (Lipinski definition) is 5. The number of carbonyl (C=O) groups excluding carboxylic acids is 1. The van der Waals surface area contributed by atoms with Gasteiger partial charge in [0.05, 0.1) is 0 Å². The highest BCUT2D eigenvalue weighted by Gasteiger charge is 2.49. The summed E-state index contributed by atoms with van der Waals surface area (Å²) < 4.78 is 65.3. The Morgan fingerprint density at radius 1 is 1.15 bits per heavy atom. The molecule has 0 fully saturated rings. The number of aliphatic carboxylic acids is 1. The third-order valence-electron chi connectivity index (χ3n) is 3.77. The summed E-state index contributed by atoms with van der Waals surface area (Å²) in [4.78, 5) is 23.2. The summed E-state index contributed by atoms with van der Waals surface area (Å²) in [5.41, 5.74) is -6.07. The molecule has 2 rings (SSSR count). The lowest BCUT2D eigenvalue weighted by Crippen LogP contribution is -2.29. The van der Waals surface area contributed by atoms with Gasteiger partial charge in [0, 0.05) is 16.5 Å². The van der Waals surface area contributed by atoms with Crippen LogP contribution in [0.3, 0.4) is 0 Å². The first-order chi connectivity index (χ1) is 11.9. The molecule has 0 aliphatic rings. The Labute approximate surface area is 146 Å². The quantitative estimate of drug-likeness (QED) is 0.364. The minimum absolute atomic E-state index is 0.0246. The van der Waals surface area contributed by atoms with E-state index < -0.39 is 33.1 Å². The van der Waals surface area contributed by atoms with Crippen LogP contribution in [0.2, 0.25) is 0 Å². The van der Waals surface area contributed by atoms with E-state index >= 15 is 0 Å². The van der Waals surface area contributed by atoms with Crippen molar-refractivity contribution in [3.8, 4) is 5.75 Å². The highest BCUT2D eigenvalue weighted by Crippen LogP contribution is 2.39. The van der Waals surface area contributed by atoms with Gasteiger partial charge in [0.2, 0.25) is 0 Å². The molecule has 0 heterocycles. The van der Waals surface area contributed by atoms with Gasteiger partial charge in [-0.2, -0.15) is 21.6 Å². The number of fused-ring (bicyclic) bond motifs is 1. The molecule has 0 aromatic heterocycles. The molecule has 0 unspecified atom stereocenters. The summed E-state index contributed by atoms with van der Waals surface area (Å²) in [6, 6.07) is 5.75. The van der Waals surface area contributed by atoms with Crippen LogP contribution < -0.4 is 4.18 Å². The number of carboxylic acid groups (broad SMARTS) is 1. The molecule has 2 aromatic carbocycles. The monoisotopic (exact) mass is 390 g/mol. The van der Waals surface area contributed by atoms with Crippen LogP contribution in [0.5, 0.6) is 5.75 Å². The van der Waals surface area contributed by atoms with Crippen molar-refractivity contribution in [2.24, 2.45) is 0 Å². The average Bonchev–Trinajstić information content (AvgIpc) is 2.55. The molecular weight excluding hydrogens is 377 g/mol. The van der Waals surface area contributed by atoms with E-state index in [1.54, 1.807) is 6.92 Å². The van der Waals surface area contributed by atoms with Crippen molar-refractivity contribution in [1.82, 2.24) is 0 Å². The second kappa shape index (κ2) is 6.60. The number of rotatable bonds is 5. The molecule has 0 atom stereocenters. The lowest BCUT2D eigenvalue weighted by Gasteiger charge is -2.19. The fraction of sp³-hybridized carbons (Fsp3) is 0.250. The Balaban J connectivity index is 2.93. The molecule has 1 N–H and O–H groups in total. The Hall–Kier alpha value is -2.62. The van der Waals surface area contributed by atoms with Crippen molar-refractivity contribution < 1.29 is 40.5 Å². The number of alkyl halides is 3. The summed E-state index contributed by atoms with van der Waals surface area (Å²) >= 11 is 0. The third-order valence-corrected chi connectivity index (χ3v) is 4.72. The first-order valence-corrected chi connectivity index (χ1v) is 8.65. The fourth-order valence-electron chi connectivity index (χ4n) is 2.67. The second-order valence-electron chi connectivity index (χ2n) is 5.32. The standard InChI is InChI=1S/C16H13F3O6S/c1-3-9-10-6-4-5-7-11(10)14(25-26(23,24)16(17,18)19)8(2)12(9)13(20)15(21)22/h4-7H,3H2,1-2H3,(H,21,22). The number of carboxylic acids is 1. The van der Waals surface area contributed by atoms with Crippen LogP contribution in [0, 0.1) is 6.92 Å². The number of carbonyl (C=O) groups is 2. The Kier molecular flexibility index (Phi) is 5.00. The van der Waals surface area contributed by atoms with Crippen LogP contribution in [0.15, 0.2) is 24.3 Å². The van der Waals surface area contributed by atoms with Crippen LogP contribution in [0.4, 0.5) is 13.2 Å². The number of halogens is 3. The van der Waals surface area contributed by atoms with Crippen molar-refractivity contribution in [3.63, 3.8) is 0 Å². The Morgan fingerprint density at radius 2 is 1.69 bits per heavy atom. The summed E-state index contributed by atoms with van der Waals surface area (Å²) in [6.45, 7) is 2.77. The average molecular weight is 390 g/mol. The number of aryl methyl sites for hydroxylation is 1. The largest absolute Gasteiger partial charge is 0.534 e. The topological polar surface area (TPSA) is 97.7 Å². The van der Waals surface area contributed by atoms with Crippen LogP contribution in [-0.4, -0.2) is 30.8 Å². The zero-order chi connectivity index (χ0) is 19.9. The molecule has 0 radical (unpaired) electrons. The zero-order valence-corrected chi connectivity index (χ0v) is 14.4. The van der Waals surface area contributed by atoms with E-state index in [4.69, 9.17) is 5.11 Å². The number of Topliss-reactive ketones (excluding diaryl/α,β-unsaturated/α-hetero) is 1. The molecule has 0 amide bonds. The molecule has 0 saturated carbocycles. The van der Waals surface area contributed by atoms with Gasteiger partial charge in [0.15, 0.2) is 5.75 Å². The van der Waals surface area contributed by atoms with E-state index in [9.17, 15) is 31.2 Å². The van der Waals surface area contributed by atoms with Gasteiger partial charge in [0.25, 0.3) is 5.78 Å². The third kappa shape index (κ3) is 3.24. The molecule has 0 bridgehead atoms. The summed E-state index contributed by atoms with van der Waals surface area (Å²) in [7, 11) is -6.01. The van der Waals surface area contributed by atoms with E-state index in [-0.39, 0.29) is 33.9 Å². The number of hydrogen-bond donors (Lipinski definition) is 1. The van der Waals surface area contributed by atoms with Crippen molar-refractivity contribution in [1.29, 1.82) is 0 Å².